The standard InChI is InChI=1S/C38H53N5O10.C2H6/c1-2-16-49-17-18-50-19-20-51-21-22-52-23-24-53-34-14-13-29(30-6-3-4-7-31(30)34)27-9-11-28(12-10-27)33(25-36(45)46)43-35(44)26-42-37(47)32(39)8-5-15-41-38(40)48;1-2/h3-4,6-7,9-14,32-33H,2,5,8,15-26,39H2,1H3,(H,42,47)(H,43,44)(H,45,46)(H3,40,41,48);1-2H3/t32-,33-;/m0./s1. The number of carbonyl (C=O) groups is 4. The van der Waals surface area contributed by atoms with E-state index in [-0.39, 0.29) is 25.9 Å². The fourth-order valence-corrected chi connectivity index (χ4v) is 5.30. The predicted molar refractivity (Wildman–Crippen MR) is 211 cm³/mol. The number of carboxylic acids is 1. The van der Waals surface area contributed by atoms with Crippen molar-refractivity contribution in [3.8, 4) is 16.9 Å². The molecule has 8 N–H and O–H groups in total. The number of hydrogen-bond acceptors (Lipinski definition) is 10. The summed E-state index contributed by atoms with van der Waals surface area (Å²) in [7, 11) is 0. The molecule has 0 saturated heterocycles. The molecule has 15 nitrogen and oxygen atoms in total. The lowest BCUT2D eigenvalue weighted by Gasteiger charge is -2.19. The maximum Gasteiger partial charge on any atom is 0.312 e. The zero-order valence-electron chi connectivity index (χ0n) is 32.3. The van der Waals surface area contributed by atoms with Crippen molar-refractivity contribution in [2.75, 3.05) is 72.6 Å². The lowest BCUT2D eigenvalue weighted by atomic mass is 9.95. The van der Waals surface area contributed by atoms with Gasteiger partial charge < -0.3 is 56.2 Å². The van der Waals surface area contributed by atoms with Crippen LogP contribution in [0.4, 0.5) is 4.79 Å². The van der Waals surface area contributed by atoms with Crippen LogP contribution in [0.5, 0.6) is 5.75 Å². The Labute approximate surface area is 323 Å². The van der Waals surface area contributed by atoms with Crippen LogP contribution in [-0.2, 0) is 33.3 Å². The topological polar surface area (TPSA) is 223 Å². The van der Waals surface area contributed by atoms with Gasteiger partial charge in [0.05, 0.1) is 71.3 Å². The van der Waals surface area contributed by atoms with Gasteiger partial charge in [-0.2, -0.15) is 0 Å². The van der Waals surface area contributed by atoms with E-state index in [4.69, 9.17) is 35.2 Å². The highest BCUT2D eigenvalue weighted by Gasteiger charge is 2.20. The number of urea groups is 1. The molecule has 2 atom stereocenters. The molecule has 0 bridgehead atoms. The number of ether oxygens (including phenoxy) is 5. The summed E-state index contributed by atoms with van der Waals surface area (Å²) in [6, 6.07) is 16.7. The van der Waals surface area contributed by atoms with E-state index in [1.807, 2.05) is 62.4 Å². The summed E-state index contributed by atoms with van der Waals surface area (Å²) < 4.78 is 28.1. The normalized spacial score (nSPS) is 11.9. The number of primary amides is 1. The third-order valence-electron chi connectivity index (χ3n) is 7.92. The van der Waals surface area contributed by atoms with E-state index < -0.39 is 35.9 Å². The van der Waals surface area contributed by atoms with Crippen molar-refractivity contribution < 1.29 is 48.0 Å². The molecule has 0 heterocycles. The van der Waals surface area contributed by atoms with Gasteiger partial charge in [-0.3, -0.25) is 14.4 Å². The predicted octanol–water partition coefficient (Wildman–Crippen LogP) is 3.91. The van der Waals surface area contributed by atoms with Crippen LogP contribution >= 0.6 is 0 Å². The number of hydrogen-bond donors (Lipinski definition) is 6. The molecule has 0 aliphatic carbocycles. The first-order chi connectivity index (χ1) is 26.7. The molecular formula is C40H59N5O10. The maximum absolute atomic E-state index is 12.7. The Kier molecular flexibility index (Phi) is 23.4. The average Bonchev–Trinajstić information content (AvgIpc) is 3.19. The van der Waals surface area contributed by atoms with Crippen molar-refractivity contribution in [2.24, 2.45) is 11.5 Å². The van der Waals surface area contributed by atoms with Crippen molar-refractivity contribution in [1.29, 1.82) is 0 Å². The Bertz CT molecular complexity index is 1570. The molecule has 0 aromatic heterocycles. The van der Waals surface area contributed by atoms with Gasteiger partial charge >= 0.3 is 12.0 Å². The van der Waals surface area contributed by atoms with Gasteiger partial charge in [-0.15, -0.1) is 0 Å². The zero-order valence-corrected chi connectivity index (χ0v) is 32.3. The number of aliphatic carboxylic acids is 1. The Hall–Kier alpha value is -4.80. The number of carbonyl (C=O) groups excluding carboxylic acids is 3. The zero-order chi connectivity index (χ0) is 40.3. The Morgan fingerprint density at radius 3 is 1.91 bits per heavy atom. The molecule has 0 saturated carbocycles. The molecule has 0 fully saturated rings. The van der Waals surface area contributed by atoms with Gasteiger partial charge in [0.1, 0.15) is 12.4 Å². The van der Waals surface area contributed by atoms with Gasteiger partial charge in [0.25, 0.3) is 0 Å². The molecule has 0 spiro atoms. The van der Waals surface area contributed by atoms with Crippen molar-refractivity contribution >= 4 is 34.6 Å². The van der Waals surface area contributed by atoms with Gasteiger partial charge in [-0.05, 0) is 47.4 Å². The van der Waals surface area contributed by atoms with Crippen LogP contribution in [0, 0.1) is 0 Å². The van der Waals surface area contributed by atoms with Crippen LogP contribution in [-0.4, -0.2) is 108 Å². The maximum atomic E-state index is 12.7. The van der Waals surface area contributed by atoms with Gasteiger partial charge in [0.2, 0.25) is 11.8 Å². The molecule has 0 unspecified atom stereocenters. The molecule has 3 rings (SSSR count). The average molecular weight is 770 g/mol. The molecule has 3 aromatic rings. The van der Waals surface area contributed by atoms with Crippen molar-refractivity contribution in [3.05, 3.63) is 66.2 Å². The lowest BCUT2D eigenvalue weighted by Crippen LogP contribution is -2.45. The first kappa shape index (κ1) is 46.4. The van der Waals surface area contributed by atoms with E-state index in [0.717, 1.165) is 40.7 Å². The number of benzene rings is 3. The van der Waals surface area contributed by atoms with Crippen molar-refractivity contribution in [2.45, 2.75) is 58.5 Å². The largest absolute Gasteiger partial charge is 0.491 e. The summed E-state index contributed by atoms with van der Waals surface area (Å²) in [5, 5.41) is 19.0. The summed E-state index contributed by atoms with van der Waals surface area (Å²) in [5.74, 6) is -1.49. The first-order valence-electron chi connectivity index (χ1n) is 18.8. The molecule has 15 heteroatoms. The van der Waals surface area contributed by atoms with Gasteiger partial charge in [-0.1, -0.05) is 75.4 Å². The number of nitrogens with two attached hydrogens (primary N) is 2. The summed E-state index contributed by atoms with van der Waals surface area (Å²) in [6.45, 7) is 10.5. The quantitative estimate of drug-likeness (QED) is 0.0610. The van der Waals surface area contributed by atoms with E-state index in [0.29, 0.717) is 64.8 Å². The second-order valence-electron chi connectivity index (χ2n) is 12.1. The molecule has 0 aliphatic heterocycles. The van der Waals surface area contributed by atoms with Crippen molar-refractivity contribution in [3.63, 3.8) is 0 Å². The Balaban J connectivity index is 0.00000514. The second-order valence-corrected chi connectivity index (χ2v) is 12.1. The molecule has 3 aromatic carbocycles. The van der Waals surface area contributed by atoms with Crippen molar-refractivity contribution in [1.82, 2.24) is 16.0 Å². The third-order valence-corrected chi connectivity index (χ3v) is 7.92. The van der Waals surface area contributed by atoms with Crippen LogP contribution in [0.2, 0.25) is 0 Å². The fourth-order valence-electron chi connectivity index (χ4n) is 5.30. The molecule has 0 radical (unpaired) electrons. The minimum Gasteiger partial charge on any atom is -0.491 e. The number of amides is 4. The Morgan fingerprint density at radius 2 is 1.33 bits per heavy atom. The summed E-state index contributed by atoms with van der Waals surface area (Å²) in [6.07, 6.45) is 1.33. The highest BCUT2D eigenvalue weighted by Crippen LogP contribution is 2.35. The fraction of sp³-hybridized carbons (Fsp3) is 0.500. The number of carboxylic acid groups (broad SMARTS) is 1. The monoisotopic (exact) mass is 769 g/mol. The molecule has 0 aliphatic rings. The minimum absolute atomic E-state index is 0.268. The van der Waals surface area contributed by atoms with Crippen LogP contribution in [0.25, 0.3) is 21.9 Å². The smallest absolute Gasteiger partial charge is 0.312 e. The first-order valence-corrected chi connectivity index (χ1v) is 18.8. The second kappa shape index (κ2) is 27.7. The summed E-state index contributed by atoms with van der Waals surface area (Å²) in [5.41, 5.74) is 13.3. The van der Waals surface area contributed by atoms with Gasteiger partial charge in [0, 0.05) is 18.5 Å². The SMILES string of the molecule is CC.CCCOCCOCCOCCOCCOc1ccc(-c2ccc([C@H](CC(=O)O)NC(=O)CNC(=O)[C@@H](N)CCCNC(N)=O)cc2)c2ccccc12. The van der Waals surface area contributed by atoms with E-state index in [1.54, 1.807) is 12.1 Å². The highest BCUT2D eigenvalue weighted by atomic mass is 16.6. The van der Waals surface area contributed by atoms with Crippen LogP contribution in [0.15, 0.2) is 60.7 Å². The Morgan fingerprint density at radius 1 is 0.745 bits per heavy atom. The number of rotatable bonds is 27. The third kappa shape index (κ3) is 18.4. The summed E-state index contributed by atoms with van der Waals surface area (Å²) >= 11 is 0. The lowest BCUT2D eigenvalue weighted by molar-refractivity contribution is -0.138. The van der Waals surface area contributed by atoms with Crippen LogP contribution in [0.3, 0.4) is 0 Å². The number of nitrogens with one attached hydrogen (secondary N) is 3. The van der Waals surface area contributed by atoms with E-state index in [2.05, 4.69) is 22.9 Å². The van der Waals surface area contributed by atoms with Crippen LogP contribution < -0.4 is 32.2 Å². The molecule has 4 amide bonds. The minimum atomic E-state index is -1.10. The summed E-state index contributed by atoms with van der Waals surface area (Å²) in [4.78, 5) is 47.4. The molecule has 304 valence electrons. The van der Waals surface area contributed by atoms with Gasteiger partial charge in [-0.25, -0.2) is 4.79 Å². The van der Waals surface area contributed by atoms with E-state index in [1.165, 1.54) is 0 Å². The highest BCUT2D eigenvalue weighted by molar-refractivity contribution is 6.00. The molecular weight excluding hydrogens is 710 g/mol. The van der Waals surface area contributed by atoms with E-state index in [9.17, 15) is 24.3 Å². The van der Waals surface area contributed by atoms with E-state index >= 15 is 0 Å². The molecule has 55 heavy (non-hydrogen) atoms. The van der Waals surface area contributed by atoms with Gasteiger partial charge in [0.15, 0.2) is 0 Å². The number of fused-ring (bicyclic) bond motifs is 1. The van der Waals surface area contributed by atoms with Crippen LogP contribution in [0.1, 0.15) is 58.1 Å².